The fourth-order valence-electron chi connectivity index (χ4n) is 11.9. The van der Waals surface area contributed by atoms with E-state index < -0.39 is 20.1 Å². The van der Waals surface area contributed by atoms with Gasteiger partial charge in [0.15, 0.2) is 0 Å². The van der Waals surface area contributed by atoms with Crippen LogP contribution in [0.25, 0.3) is 66.1 Å². The molecule has 0 spiro atoms. The third-order valence-corrected chi connectivity index (χ3v) is 23.0. The Morgan fingerprint density at radius 2 is 0.618 bits per heavy atom. The molecule has 0 fully saturated rings. The fraction of sp³-hybridized carbons (Fsp3) is 0. The molecule has 0 unspecified atom stereocenters. The molecule has 0 atom stereocenters. The Balaban J connectivity index is 1.11. The van der Waals surface area contributed by atoms with Crippen LogP contribution in [0.3, 0.4) is 0 Å². The van der Waals surface area contributed by atoms with Gasteiger partial charge in [-0.2, -0.15) is 0 Å². The normalized spacial score (nSPS) is 12.4. The summed E-state index contributed by atoms with van der Waals surface area (Å²) in [6, 6.07) is 118. The average molecular weight is 1010 g/mol. The summed E-state index contributed by atoms with van der Waals surface area (Å²) in [6.07, 6.45) is 0. The molecule has 76 heavy (non-hydrogen) atoms. The van der Waals surface area contributed by atoms with Gasteiger partial charge < -0.3 is 9.13 Å². The molecule has 362 valence electrons. The van der Waals surface area contributed by atoms with Crippen molar-refractivity contribution in [3.63, 3.8) is 0 Å². The number of hydrogen-bond acceptors (Lipinski definition) is 0. The summed E-state index contributed by atoms with van der Waals surface area (Å²) < 4.78 is 5.04. The Morgan fingerprint density at radius 3 is 1.17 bits per heavy atom. The topological polar surface area (TPSA) is 9.86 Å². The molecular weight excluding hydrogens is 957 g/mol. The molecule has 0 amide bonds. The first-order valence-electron chi connectivity index (χ1n) is 26.0. The molecule has 0 aliphatic rings. The van der Waals surface area contributed by atoms with Crippen LogP contribution in [0.15, 0.2) is 355 Å². The van der Waals surface area contributed by atoms with E-state index in [9.17, 15) is 0 Å². The number of fused-ring (bicyclic) bond motifs is 6. The first kappa shape index (κ1) is 45.5. The lowest BCUT2D eigenvalue weighted by molar-refractivity contribution is 1.16. The van der Waals surface area contributed by atoms with Gasteiger partial charge >= 0.3 is 0 Å². The van der Waals surface area contributed by atoms with E-state index in [0.717, 1.165) is 16.9 Å². The second kappa shape index (κ2) is 19.0. The van der Waals surface area contributed by atoms with Gasteiger partial charge in [0, 0.05) is 72.1 Å². The third-order valence-electron chi connectivity index (χ3n) is 15.1. The van der Waals surface area contributed by atoms with E-state index >= 15 is 0 Å². The SMILES string of the molecule is c1ccc(-c2cccc(-n3c4ccc(-n5c6ccccc6c6ccc(S(c7ccccc7)(c7ccccc7)c7ccccc7)cc65)cc4c4c(S(c5ccccc5)(c5ccccc5)c5ccccc5)cccc43)c2)cc1. The quantitative estimate of drug-likeness (QED) is 0.122. The third kappa shape index (κ3) is 7.21. The van der Waals surface area contributed by atoms with E-state index in [2.05, 4.69) is 325 Å². The summed E-state index contributed by atoms with van der Waals surface area (Å²) in [6.45, 7) is 0. The predicted octanol–water partition coefficient (Wildman–Crippen LogP) is 20.2. The highest BCUT2D eigenvalue weighted by molar-refractivity contribution is 8.34. The van der Waals surface area contributed by atoms with Gasteiger partial charge in [-0.25, -0.2) is 0 Å². The van der Waals surface area contributed by atoms with E-state index in [4.69, 9.17) is 0 Å². The number of aromatic nitrogens is 2. The van der Waals surface area contributed by atoms with E-state index in [0.29, 0.717) is 0 Å². The van der Waals surface area contributed by atoms with Crippen LogP contribution in [0.2, 0.25) is 0 Å². The summed E-state index contributed by atoms with van der Waals surface area (Å²) in [5.41, 5.74) is 9.27. The van der Waals surface area contributed by atoms with Crippen molar-refractivity contribution in [2.24, 2.45) is 0 Å². The summed E-state index contributed by atoms with van der Waals surface area (Å²) in [7, 11) is -4.07. The molecule has 2 nitrogen and oxygen atoms in total. The molecule has 4 heteroatoms. The lowest BCUT2D eigenvalue weighted by Crippen LogP contribution is -2.05. The Morgan fingerprint density at radius 1 is 0.211 bits per heavy atom. The van der Waals surface area contributed by atoms with Gasteiger partial charge in [0.1, 0.15) is 0 Å². The highest BCUT2D eigenvalue weighted by Crippen LogP contribution is 2.76. The van der Waals surface area contributed by atoms with Crippen LogP contribution in [0, 0.1) is 0 Å². The van der Waals surface area contributed by atoms with Crippen molar-refractivity contribution in [3.8, 4) is 22.5 Å². The number of rotatable bonds is 11. The van der Waals surface area contributed by atoms with Crippen LogP contribution in [0.5, 0.6) is 0 Å². The Kier molecular flexibility index (Phi) is 11.4. The van der Waals surface area contributed by atoms with E-state index in [1.165, 1.54) is 88.4 Å². The van der Waals surface area contributed by atoms with Gasteiger partial charge in [-0.3, -0.25) is 0 Å². The summed E-state index contributed by atoms with van der Waals surface area (Å²) in [5, 5.41) is 4.90. The first-order valence-corrected chi connectivity index (χ1v) is 29.2. The van der Waals surface area contributed by atoms with Crippen molar-refractivity contribution in [1.29, 1.82) is 0 Å². The molecule has 14 rings (SSSR count). The van der Waals surface area contributed by atoms with Gasteiger partial charge in [0.2, 0.25) is 0 Å². The number of nitrogens with zero attached hydrogens (tertiary/aromatic N) is 2. The predicted molar refractivity (Wildman–Crippen MR) is 321 cm³/mol. The summed E-state index contributed by atoms with van der Waals surface area (Å²) >= 11 is 0. The largest absolute Gasteiger partial charge is 0.309 e. The van der Waals surface area contributed by atoms with Crippen molar-refractivity contribution >= 4 is 63.7 Å². The second-order valence-electron chi connectivity index (χ2n) is 19.2. The molecule has 12 aromatic carbocycles. The number of para-hydroxylation sites is 1. The summed E-state index contributed by atoms with van der Waals surface area (Å²) in [4.78, 5) is 10.4. The maximum absolute atomic E-state index is 2.53. The van der Waals surface area contributed by atoms with Gasteiger partial charge in [0.25, 0.3) is 0 Å². The lowest BCUT2D eigenvalue weighted by Gasteiger charge is -2.42. The molecule has 0 saturated carbocycles. The maximum atomic E-state index is 2.53. The number of benzene rings is 12. The molecular formula is C72H52N2S2. The first-order chi connectivity index (χ1) is 37.7. The zero-order valence-electron chi connectivity index (χ0n) is 41.7. The van der Waals surface area contributed by atoms with E-state index in [1.807, 2.05) is 0 Å². The van der Waals surface area contributed by atoms with Crippen LogP contribution in [0.4, 0.5) is 0 Å². The molecule has 14 aromatic rings. The van der Waals surface area contributed by atoms with Gasteiger partial charge in [-0.05, 0) is 145 Å². The molecule has 0 saturated heterocycles. The van der Waals surface area contributed by atoms with Crippen LogP contribution in [-0.4, -0.2) is 9.13 Å². The molecule has 0 radical (unpaired) electrons. The van der Waals surface area contributed by atoms with Crippen LogP contribution in [0.1, 0.15) is 0 Å². The fourth-order valence-corrected chi connectivity index (χ4v) is 19.9. The van der Waals surface area contributed by atoms with Crippen LogP contribution >= 0.6 is 20.1 Å². The lowest BCUT2D eigenvalue weighted by atomic mass is 10.1. The average Bonchev–Trinajstić information content (AvgIpc) is 4.19. The zero-order chi connectivity index (χ0) is 50.5. The van der Waals surface area contributed by atoms with Crippen molar-refractivity contribution in [2.45, 2.75) is 39.2 Å². The maximum Gasteiger partial charge on any atom is 0.0552 e. The molecule has 0 aliphatic heterocycles. The number of hydrogen-bond donors (Lipinski definition) is 0. The van der Waals surface area contributed by atoms with E-state index in [1.54, 1.807) is 0 Å². The molecule has 2 heterocycles. The summed E-state index contributed by atoms with van der Waals surface area (Å²) in [5.74, 6) is 0. The smallest absolute Gasteiger partial charge is 0.0552 e. The van der Waals surface area contributed by atoms with Gasteiger partial charge in [-0.15, -0.1) is 20.1 Å². The van der Waals surface area contributed by atoms with Gasteiger partial charge in [-0.1, -0.05) is 182 Å². The molecule has 2 aromatic heterocycles. The minimum absolute atomic E-state index is 1.11. The second-order valence-corrected chi connectivity index (χ2v) is 25.4. The minimum Gasteiger partial charge on any atom is -0.309 e. The zero-order valence-corrected chi connectivity index (χ0v) is 43.4. The van der Waals surface area contributed by atoms with Crippen molar-refractivity contribution < 1.29 is 0 Å². The van der Waals surface area contributed by atoms with Gasteiger partial charge in [0.05, 0.1) is 22.1 Å². The van der Waals surface area contributed by atoms with E-state index in [-0.39, 0.29) is 0 Å². The van der Waals surface area contributed by atoms with Crippen LogP contribution < -0.4 is 0 Å². The van der Waals surface area contributed by atoms with Crippen molar-refractivity contribution in [1.82, 2.24) is 9.13 Å². The Hall–Kier alpha value is -9.06. The van der Waals surface area contributed by atoms with Crippen molar-refractivity contribution in [3.05, 3.63) is 315 Å². The van der Waals surface area contributed by atoms with Crippen LogP contribution in [-0.2, 0) is 0 Å². The molecule has 0 bridgehead atoms. The minimum atomic E-state index is -2.10. The molecule has 0 N–H and O–H groups in total. The van der Waals surface area contributed by atoms with Crippen molar-refractivity contribution in [2.75, 3.05) is 0 Å². The Bertz CT molecular complexity index is 4170. The monoisotopic (exact) mass is 1010 g/mol. The highest BCUT2D eigenvalue weighted by Gasteiger charge is 2.37. The Labute approximate surface area is 447 Å². The standard InChI is InChI=1S/C72H52N2S2/c1-8-26-53(27-9-1)54-28-24-29-55(50-54)73-68-49-46-56(51-66(68)72-69(73)44-25-45-71(72)76(60-36-16-5-17-37-60,61-38-18-6-19-39-61)62-40-20-7-21-41-62)74-67-43-23-22-42-64(67)65-48-47-63(52-70(65)74)75(57-30-10-2-11-31-57,58-32-12-3-13-33-58)59-34-14-4-15-35-59/h1-52H. The molecule has 0 aliphatic carbocycles. The highest BCUT2D eigenvalue weighted by atomic mass is 32.3.